The number of thiophene rings is 1. The van der Waals surface area contributed by atoms with Crippen LogP contribution in [-0.4, -0.2) is 13.4 Å². The van der Waals surface area contributed by atoms with Gasteiger partial charge in [-0.1, -0.05) is 103 Å². The van der Waals surface area contributed by atoms with Gasteiger partial charge < -0.3 is 23.7 Å². The fourth-order valence-electron chi connectivity index (χ4n) is 10.3. The SMILES string of the molecule is c1ccc2c(c1)Oc1cccc3c1B2c1sc2ccccc2c1N3c1ccc(-c2ccc(N3c4ccccc4B4c5oc6ccccc6c5Oc5cccc3c54)cc2)cc1. The molecule has 278 valence electrons. The Hall–Kier alpha value is -7.41. The molecule has 10 aromatic rings. The van der Waals surface area contributed by atoms with Crippen LogP contribution < -0.4 is 51.6 Å². The molecule has 4 aliphatic heterocycles. The monoisotopic (exact) mass is 784 g/mol. The summed E-state index contributed by atoms with van der Waals surface area (Å²) in [6, 6.07) is 65.0. The van der Waals surface area contributed by atoms with Crippen molar-refractivity contribution in [2.24, 2.45) is 0 Å². The van der Waals surface area contributed by atoms with E-state index in [2.05, 4.69) is 174 Å². The summed E-state index contributed by atoms with van der Waals surface area (Å²) in [5.41, 5.74) is 15.6. The summed E-state index contributed by atoms with van der Waals surface area (Å²) in [5.74, 6) is 3.55. The number of nitrogens with zero attached hydrogens (tertiary/aromatic N) is 2. The number of benzene rings is 8. The van der Waals surface area contributed by atoms with Crippen molar-refractivity contribution in [3.63, 3.8) is 0 Å². The van der Waals surface area contributed by atoms with Gasteiger partial charge in [0.2, 0.25) is 0 Å². The smallest absolute Gasteiger partial charge is 0.301 e. The molecule has 0 unspecified atom stereocenters. The summed E-state index contributed by atoms with van der Waals surface area (Å²) in [7, 11) is 0. The lowest BCUT2D eigenvalue weighted by Gasteiger charge is -2.38. The lowest BCUT2D eigenvalue weighted by Crippen LogP contribution is -2.59. The average molecular weight is 785 g/mol. The Labute approximate surface area is 350 Å². The Kier molecular flexibility index (Phi) is 6.55. The standard InChI is InChI=1S/C52H30B2N2O3S/c1-6-18-42-35(11-1)50-51(59-42)53-37-13-3-5-15-39(37)55(40-16-9-21-45(58-50)47(40)53)33-27-23-31(24-28-33)32-25-29-34(30-26-32)56-41-17-10-20-44-48(41)54(38-14-4-7-19-43(38)57-44)52-49(56)36-12-2-8-22-46(36)60-52/h1-30H. The van der Waals surface area contributed by atoms with Crippen LogP contribution in [0.3, 0.4) is 0 Å². The van der Waals surface area contributed by atoms with Crippen LogP contribution in [0.15, 0.2) is 186 Å². The first-order valence-electron chi connectivity index (χ1n) is 20.4. The Morgan fingerprint density at radius 3 is 1.82 bits per heavy atom. The van der Waals surface area contributed by atoms with Gasteiger partial charge >= 0.3 is 6.71 Å². The van der Waals surface area contributed by atoms with Crippen LogP contribution in [-0.2, 0) is 0 Å². The Balaban J connectivity index is 0.845. The van der Waals surface area contributed by atoms with Gasteiger partial charge in [-0.15, -0.1) is 11.3 Å². The molecule has 60 heavy (non-hydrogen) atoms. The fraction of sp³-hybridized carbons (Fsp3) is 0. The molecule has 4 aliphatic rings. The van der Waals surface area contributed by atoms with Crippen molar-refractivity contribution >= 4 is 112 Å². The molecule has 5 nitrogen and oxygen atoms in total. The number of fused-ring (bicyclic) bond motifs is 12. The summed E-state index contributed by atoms with van der Waals surface area (Å²) in [6.07, 6.45) is 0. The molecule has 0 amide bonds. The molecule has 0 saturated heterocycles. The topological polar surface area (TPSA) is 38.1 Å². The van der Waals surface area contributed by atoms with E-state index in [4.69, 9.17) is 13.9 Å². The van der Waals surface area contributed by atoms with E-state index in [0.717, 1.165) is 84.7 Å². The predicted molar refractivity (Wildman–Crippen MR) is 249 cm³/mol. The zero-order chi connectivity index (χ0) is 39.1. The molecule has 0 radical (unpaired) electrons. The molecule has 0 atom stereocenters. The van der Waals surface area contributed by atoms with Gasteiger partial charge in [-0.3, -0.25) is 0 Å². The van der Waals surface area contributed by atoms with Crippen LogP contribution in [0.25, 0.3) is 32.2 Å². The summed E-state index contributed by atoms with van der Waals surface area (Å²) in [4.78, 5) is 4.82. The van der Waals surface area contributed by atoms with E-state index in [-0.39, 0.29) is 13.4 Å². The molecule has 0 N–H and O–H groups in total. The molecule has 6 heterocycles. The highest BCUT2D eigenvalue weighted by Gasteiger charge is 2.46. The van der Waals surface area contributed by atoms with Crippen molar-refractivity contribution in [3.05, 3.63) is 182 Å². The van der Waals surface area contributed by atoms with Gasteiger partial charge in [-0.2, -0.15) is 0 Å². The average Bonchev–Trinajstić information content (AvgIpc) is 3.88. The molecule has 0 saturated carbocycles. The van der Waals surface area contributed by atoms with Crippen LogP contribution in [0.2, 0.25) is 0 Å². The van der Waals surface area contributed by atoms with Crippen molar-refractivity contribution in [1.82, 2.24) is 0 Å². The maximum atomic E-state index is 6.67. The predicted octanol–water partition coefficient (Wildman–Crippen LogP) is 10.1. The minimum absolute atomic E-state index is 0.0729. The number of ether oxygens (including phenoxy) is 2. The second-order valence-electron chi connectivity index (χ2n) is 15.9. The number of hydrogen-bond donors (Lipinski definition) is 0. The van der Waals surface area contributed by atoms with Crippen molar-refractivity contribution in [2.45, 2.75) is 0 Å². The molecular formula is C52H30B2N2O3S. The van der Waals surface area contributed by atoms with E-state index in [0.29, 0.717) is 0 Å². The Morgan fingerprint density at radius 1 is 0.433 bits per heavy atom. The summed E-state index contributed by atoms with van der Waals surface area (Å²) in [6.45, 7) is 0.0354. The van der Waals surface area contributed by atoms with Gasteiger partial charge in [-0.25, -0.2) is 0 Å². The lowest BCUT2D eigenvalue weighted by atomic mass is 9.36. The molecule has 0 aliphatic carbocycles. The minimum atomic E-state index is -0.0729. The van der Waals surface area contributed by atoms with E-state index < -0.39 is 0 Å². The van der Waals surface area contributed by atoms with Crippen LogP contribution in [0.4, 0.5) is 34.1 Å². The zero-order valence-corrected chi connectivity index (χ0v) is 32.8. The van der Waals surface area contributed by atoms with Crippen LogP contribution >= 0.6 is 11.3 Å². The number of anilines is 6. The normalized spacial score (nSPS) is 13.8. The fourth-order valence-corrected chi connectivity index (χ4v) is 11.6. The zero-order valence-electron chi connectivity index (χ0n) is 32.0. The second-order valence-corrected chi connectivity index (χ2v) is 17.0. The molecule has 8 heteroatoms. The van der Waals surface area contributed by atoms with Gasteiger partial charge in [0, 0.05) is 48.8 Å². The maximum absolute atomic E-state index is 6.67. The van der Waals surface area contributed by atoms with Crippen LogP contribution in [0, 0.1) is 0 Å². The number of rotatable bonds is 3. The maximum Gasteiger partial charge on any atom is 0.301 e. The highest BCUT2D eigenvalue weighted by molar-refractivity contribution is 7.33. The van der Waals surface area contributed by atoms with Crippen molar-refractivity contribution in [2.75, 3.05) is 9.80 Å². The highest BCUT2D eigenvalue weighted by Crippen LogP contribution is 2.47. The van der Waals surface area contributed by atoms with Crippen molar-refractivity contribution < 1.29 is 13.9 Å². The summed E-state index contributed by atoms with van der Waals surface area (Å²) < 4.78 is 22.5. The Morgan fingerprint density at radius 2 is 1.02 bits per heavy atom. The number of para-hydroxylation sites is 3. The number of hydrogen-bond acceptors (Lipinski definition) is 6. The largest absolute Gasteiger partial charge is 0.466 e. The lowest BCUT2D eigenvalue weighted by molar-refractivity contribution is 0.482. The third-order valence-corrected chi connectivity index (χ3v) is 14.0. The van der Waals surface area contributed by atoms with E-state index in [9.17, 15) is 0 Å². The Bertz CT molecular complexity index is 3430. The van der Waals surface area contributed by atoms with Crippen molar-refractivity contribution in [1.29, 1.82) is 0 Å². The molecule has 2 aromatic heterocycles. The van der Waals surface area contributed by atoms with E-state index in [1.807, 2.05) is 29.5 Å². The third kappa shape index (κ3) is 4.38. The van der Waals surface area contributed by atoms with Crippen LogP contribution in [0.5, 0.6) is 23.0 Å². The van der Waals surface area contributed by atoms with Gasteiger partial charge in [-0.05, 0) is 106 Å². The first-order valence-corrected chi connectivity index (χ1v) is 21.2. The first kappa shape index (κ1) is 32.5. The number of furan rings is 1. The van der Waals surface area contributed by atoms with Gasteiger partial charge in [0.25, 0.3) is 6.71 Å². The molecule has 0 fully saturated rings. The first-order chi connectivity index (χ1) is 29.8. The third-order valence-electron chi connectivity index (χ3n) is 12.8. The van der Waals surface area contributed by atoms with Crippen LogP contribution in [0.1, 0.15) is 0 Å². The van der Waals surface area contributed by atoms with E-state index in [1.54, 1.807) is 0 Å². The van der Waals surface area contributed by atoms with E-state index in [1.165, 1.54) is 36.9 Å². The summed E-state index contributed by atoms with van der Waals surface area (Å²) >= 11 is 1.90. The quantitative estimate of drug-likeness (QED) is 0.167. The highest BCUT2D eigenvalue weighted by atomic mass is 32.1. The molecule has 0 spiro atoms. The van der Waals surface area contributed by atoms with Gasteiger partial charge in [0.05, 0.1) is 11.1 Å². The second kappa shape index (κ2) is 12.1. The van der Waals surface area contributed by atoms with Crippen molar-refractivity contribution in [3.8, 4) is 34.1 Å². The van der Waals surface area contributed by atoms with Gasteiger partial charge in [0.15, 0.2) is 5.75 Å². The van der Waals surface area contributed by atoms with E-state index >= 15 is 0 Å². The molecule has 14 rings (SSSR count). The minimum Gasteiger partial charge on any atom is -0.466 e. The molecular weight excluding hydrogens is 754 g/mol. The molecule has 8 aromatic carbocycles. The van der Waals surface area contributed by atoms with Gasteiger partial charge in [0.1, 0.15) is 28.5 Å². The summed E-state index contributed by atoms with van der Waals surface area (Å²) in [5, 5.41) is 2.27. The molecule has 0 bridgehead atoms.